The second kappa shape index (κ2) is 7.89. The van der Waals surface area contributed by atoms with Crippen molar-refractivity contribution in [2.45, 2.75) is 31.8 Å². The van der Waals surface area contributed by atoms with Crippen LogP contribution in [-0.4, -0.2) is 46.3 Å². The zero-order chi connectivity index (χ0) is 19.7. The minimum atomic E-state index is -0.503. The molecule has 2 aromatic rings. The Bertz CT molecular complexity index is 918. The van der Waals surface area contributed by atoms with Crippen LogP contribution in [-0.2, 0) is 13.0 Å². The van der Waals surface area contributed by atoms with Crippen LogP contribution in [0.4, 0.5) is 5.69 Å². The van der Waals surface area contributed by atoms with Gasteiger partial charge in [0, 0.05) is 44.4 Å². The summed E-state index contributed by atoms with van der Waals surface area (Å²) in [5, 5.41) is 11.3. The Morgan fingerprint density at radius 3 is 2.71 bits per heavy atom. The van der Waals surface area contributed by atoms with E-state index in [-0.39, 0.29) is 22.2 Å². The second-order valence-electron chi connectivity index (χ2n) is 7.46. The first-order valence-corrected chi connectivity index (χ1v) is 9.95. The van der Waals surface area contributed by atoms with Crippen LogP contribution in [0.1, 0.15) is 34.3 Å². The zero-order valence-electron chi connectivity index (χ0n) is 15.5. The van der Waals surface area contributed by atoms with E-state index >= 15 is 0 Å². The Kier molecular flexibility index (Phi) is 5.33. The average Bonchev–Trinajstić information content (AvgIpc) is 2.73. The predicted octanol–water partition coefficient (Wildman–Crippen LogP) is 3.91. The number of benzene rings is 2. The predicted molar refractivity (Wildman–Crippen MR) is 108 cm³/mol. The molecule has 0 aliphatic carbocycles. The maximum atomic E-state index is 13.0. The number of carbonyl (C=O) groups is 1. The number of hydrogen-bond donors (Lipinski definition) is 0. The van der Waals surface area contributed by atoms with Gasteiger partial charge in [0.25, 0.3) is 11.6 Å². The lowest BCUT2D eigenvalue weighted by atomic mass is 9.95. The van der Waals surface area contributed by atoms with Gasteiger partial charge in [-0.3, -0.25) is 19.8 Å². The van der Waals surface area contributed by atoms with Crippen LogP contribution in [0, 0.1) is 10.1 Å². The van der Waals surface area contributed by atoms with Crippen LogP contribution in [0.25, 0.3) is 0 Å². The first kappa shape index (κ1) is 18.9. The molecule has 1 fully saturated rings. The molecule has 1 atom stereocenters. The first-order chi connectivity index (χ1) is 13.5. The van der Waals surface area contributed by atoms with E-state index in [0.29, 0.717) is 19.1 Å². The van der Waals surface area contributed by atoms with E-state index in [1.54, 1.807) is 4.90 Å². The van der Waals surface area contributed by atoms with Crippen LogP contribution >= 0.6 is 11.6 Å². The number of carbonyl (C=O) groups excluding carboxylic acids is 1. The summed E-state index contributed by atoms with van der Waals surface area (Å²) in [6.45, 7) is 3.17. The molecule has 2 aliphatic rings. The topological polar surface area (TPSA) is 66.7 Å². The van der Waals surface area contributed by atoms with E-state index < -0.39 is 4.92 Å². The number of nitrogens with zero attached hydrogens (tertiary/aromatic N) is 3. The van der Waals surface area contributed by atoms with Gasteiger partial charge in [0.2, 0.25) is 0 Å². The molecule has 0 bridgehead atoms. The van der Waals surface area contributed by atoms with E-state index in [1.165, 1.54) is 29.3 Å². The second-order valence-corrected chi connectivity index (χ2v) is 7.86. The largest absolute Gasteiger partial charge is 0.337 e. The van der Waals surface area contributed by atoms with E-state index in [0.717, 1.165) is 32.4 Å². The SMILES string of the molecule is O=C(c1cc([N+](=O)[O-])ccc1Cl)N1CCC[C@@H](N2CCc3ccccc3C2)C1. The molecular formula is C21H22ClN3O3. The summed E-state index contributed by atoms with van der Waals surface area (Å²) in [7, 11) is 0. The third-order valence-electron chi connectivity index (χ3n) is 5.75. The molecule has 1 amide bonds. The summed E-state index contributed by atoms with van der Waals surface area (Å²) in [6, 6.07) is 12.8. The van der Waals surface area contributed by atoms with E-state index in [2.05, 4.69) is 29.2 Å². The molecule has 7 heteroatoms. The third-order valence-corrected chi connectivity index (χ3v) is 6.08. The lowest BCUT2D eigenvalue weighted by Crippen LogP contribution is -2.51. The molecule has 2 aliphatic heterocycles. The number of halogens is 1. The molecule has 0 saturated carbocycles. The van der Waals surface area contributed by atoms with Crippen molar-refractivity contribution in [1.29, 1.82) is 0 Å². The number of likely N-dealkylation sites (tertiary alicyclic amines) is 1. The van der Waals surface area contributed by atoms with Gasteiger partial charge in [-0.15, -0.1) is 0 Å². The van der Waals surface area contributed by atoms with Crippen LogP contribution in [0.3, 0.4) is 0 Å². The van der Waals surface area contributed by atoms with Gasteiger partial charge in [-0.25, -0.2) is 0 Å². The molecule has 2 aromatic carbocycles. The van der Waals surface area contributed by atoms with E-state index in [1.807, 2.05) is 0 Å². The summed E-state index contributed by atoms with van der Waals surface area (Å²) in [5.74, 6) is -0.226. The Hall–Kier alpha value is -2.44. The minimum Gasteiger partial charge on any atom is -0.337 e. The maximum absolute atomic E-state index is 13.0. The fraction of sp³-hybridized carbons (Fsp3) is 0.381. The van der Waals surface area contributed by atoms with Gasteiger partial charge in [0.15, 0.2) is 0 Å². The van der Waals surface area contributed by atoms with Crippen molar-refractivity contribution in [3.8, 4) is 0 Å². The van der Waals surface area contributed by atoms with Crippen LogP contribution in [0.2, 0.25) is 5.02 Å². The molecule has 0 spiro atoms. The maximum Gasteiger partial charge on any atom is 0.270 e. The molecule has 0 radical (unpaired) electrons. The zero-order valence-corrected chi connectivity index (χ0v) is 16.3. The number of rotatable bonds is 3. The van der Waals surface area contributed by atoms with Crippen LogP contribution < -0.4 is 0 Å². The quantitative estimate of drug-likeness (QED) is 0.579. The molecule has 0 aromatic heterocycles. The molecule has 0 unspecified atom stereocenters. The average molecular weight is 400 g/mol. The summed E-state index contributed by atoms with van der Waals surface area (Å²) >= 11 is 6.18. The fourth-order valence-electron chi connectivity index (χ4n) is 4.23. The Morgan fingerprint density at radius 1 is 1.14 bits per heavy atom. The van der Waals surface area contributed by atoms with E-state index in [4.69, 9.17) is 11.6 Å². The molecule has 1 saturated heterocycles. The van der Waals surface area contributed by atoms with Gasteiger partial charge >= 0.3 is 0 Å². The lowest BCUT2D eigenvalue weighted by Gasteiger charge is -2.41. The fourth-order valence-corrected chi connectivity index (χ4v) is 4.43. The van der Waals surface area contributed by atoms with Crippen molar-refractivity contribution in [3.05, 3.63) is 74.3 Å². The highest BCUT2D eigenvalue weighted by atomic mass is 35.5. The van der Waals surface area contributed by atoms with Gasteiger partial charge in [0.05, 0.1) is 15.5 Å². The van der Waals surface area contributed by atoms with Crippen molar-refractivity contribution < 1.29 is 9.72 Å². The van der Waals surface area contributed by atoms with E-state index in [9.17, 15) is 14.9 Å². The number of nitro benzene ring substituents is 1. The summed E-state index contributed by atoms with van der Waals surface area (Å²) in [5.41, 5.74) is 2.86. The third kappa shape index (κ3) is 3.75. The molecule has 6 nitrogen and oxygen atoms in total. The Morgan fingerprint density at radius 2 is 1.93 bits per heavy atom. The van der Waals surface area contributed by atoms with Crippen LogP contribution in [0.5, 0.6) is 0 Å². The van der Waals surface area contributed by atoms with Crippen molar-refractivity contribution in [2.24, 2.45) is 0 Å². The molecule has 4 rings (SSSR count). The van der Waals surface area contributed by atoms with Crippen molar-refractivity contribution in [3.63, 3.8) is 0 Å². The number of nitro groups is 1. The summed E-state index contributed by atoms with van der Waals surface area (Å²) < 4.78 is 0. The smallest absolute Gasteiger partial charge is 0.270 e. The first-order valence-electron chi connectivity index (χ1n) is 9.57. The van der Waals surface area contributed by atoms with Crippen LogP contribution in [0.15, 0.2) is 42.5 Å². The highest BCUT2D eigenvalue weighted by Gasteiger charge is 2.31. The van der Waals surface area contributed by atoms with Gasteiger partial charge in [0.1, 0.15) is 0 Å². The molecular weight excluding hydrogens is 378 g/mol. The van der Waals surface area contributed by atoms with Crippen molar-refractivity contribution in [1.82, 2.24) is 9.80 Å². The molecule has 28 heavy (non-hydrogen) atoms. The molecule has 0 N–H and O–H groups in total. The highest BCUT2D eigenvalue weighted by molar-refractivity contribution is 6.33. The molecule has 146 valence electrons. The normalized spacial score (nSPS) is 19.9. The molecule has 2 heterocycles. The van der Waals surface area contributed by atoms with Gasteiger partial charge in [-0.05, 0) is 36.5 Å². The van der Waals surface area contributed by atoms with Gasteiger partial charge in [-0.1, -0.05) is 35.9 Å². The van der Waals surface area contributed by atoms with Crippen molar-refractivity contribution in [2.75, 3.05) is 19.6 Å². The monoisotopic (exact) mass is 399 g/mol. The number of hydrogen-bond acceptors (Lipinski definition) is 4. The number of amides is 1. The van der Waals surface area contributed by atoms with Gasteiger partial charge < -0.3 is 4.90 Å². The Labute approximate surface area is 168 Å². The summed E-state index contributed by atoms with van der Waals surface area (Å²) in [6.07, 6.45) is 2.99. The summed E-state index contributed by atoms with van der Waals surface area (Å²) in [4.78, 5) is 27.8. The van der Waals surface area contributed by atoms with Crippen molar-refractivity contribution >= 4 is 23.2 Å². The lowest BCUT2D eigenvalue weighted by molar-refractivity contribution is -0.384. The standard InChI is InChI=1S/C21H22ClN3O3/c22-20-8-7-17(25(27)28)12-19(20)21(26)24-10-3-6-18(14-24)23-11-9-15-4-1-2-5-16(15)13-23/h1-2,4-5,7-8,12,18H,3,6,9-11,13-14H2/t18-/m1/s1. The minimum absolute atomic E-state index is 0.117. The highest BCUT2D eigenvalue weighted by Crippen LogP contribution is 2.27. The number of fused-ring (bicyclic) bond motifs is 1. The number of piperidine rings is 1. The number of non-ortho nitro benzene ring substituents is 1. The van der Waals surface area contributed by atoms with Gasteiger partial charge in [-0.2, -0.15) is 0 Å². The Balaban J connectivity index is 1.49.